The number of ether oxygens (including phenoxy) is 1. The zero-order valence-electron chi connectivity index (χ0n) is 19.3. The number of amides is 1. The van der Waals surface area contributed by atoms with E-state index in [2.05, 4.69) is 22.1 Å². The predicted octanol–water partition coefficient (Wildman–Crippen LogP) is 2.36. The van der Waals surface area contributed by atoms with Gasteiger partial charge in [-0.15, -0.1) is 5.10 Å². The summed E-state index contributed by atoms with van der Waals surface area (Å²) in [7, 11) is 0. The zero-order valence-corrected chi connectivity index (χ0v) is 19.3. The molecule has 3 rings (SSSR count). The number of nitrogens with zero attached hydrogens (tertiary/aromatic N) is 6. The van der Waals surface area contributed by atoms with Crippen molar-refractivity contribution in [3.8, 4) is 5.69 Å². The number of carbonyl (C=O) groups is 2. The van der Waals surface area contributed by atoms with E-state index >= 15 is 0 Å². The standard InChI is InChI=1S/C22H30N6O5/c1-4-25-12-7-10-19(25)15-26(13-11-20(29)33-5-2)22(30)21-16(3)27(24-23-21)17-8-6-9-18(14-17)28(31)32/h6,8-9,14,19H,4-5,7,10-13,15H2,1-3H3. The predicted molar refractivity (Wildman–Crippen MR) is 120 cm³/mol. The van der Waals surface area contributed by atoms with E-state index in [0.717, 1.165) is 25.9 Å². The number of nitro groups is 1. The van der Waals surface area contributed by atoms with Crippen LogP contribution < -0.4 is 0 Å². The van der Waals surface area contributed by atoms with Crippen molar-refractivity contribution < 1.29 is 19.2 Å². The monoisotopic (exact) mass is 458 g/mol. The summed E-state index contributed by atoms with van der Waals surface area (Å²) < 4.78 is 6.45. The Balaban J connectivity index is 1.85. The molecule has 1 atom stereocenters. The van der Waals surface area contributed by atoms with E-state index in [4.69, 9.17) is 4.74 Å². The molecule has 0 spiro atoms. The number of nitro benzene ring substituents is 1. The molecule has 33 heavy (non-hydrogen) atoms. The number of carbonyl (C=O) groups excluding carboxylic acids is 2. The van der Waals surface area contributed by atoms with Crippen LogP contribution in [0.2, 0.25) is 0 Å². The molecule has 0 bridgehead atoms. The number of esters is 1. The number of hydrogen-bond acceptors (Lipinski definition) is 8. The summed E-state index contributed by atoms with van der Waals surface area (Å²) in [5, 5.41) is 19.3. The van der Waals surface area contributed by atoms with Crippen LogP contribution in [0.3, 0.4) is 0 Å². The van der Waals surface area contributed by atoms with Crippen molar-refractivity contribution in [3.63, 3.8) is 0 Å². The van der Waals surface area contributed by atoms with E-state index in [1.54, 1.807) is 30.9 Å². The Labute approximate surface area is 192 Å². The minimum absolute atomic E-state index is 0.0766. The molecule has 1 aliphatic rings. The van der Waals surface area contributed by atoms with E-state index in [1.807, 2.05) is 0 Å². The minimum atomic E-state index is -0.486. The van der Waals surface area contributed by atoms with Gasteiger partial charge in [0, 0.05) is 31.3 Å². The SMILES string of the molecule is CCOC(=O)CCN(CC1CCCN1CC)C(=O)c1nnn(-c2cccc([N+](=O)[O-])c2)c1C. The fourth-order valence-corrected chi connectivity index (χ4v) is 4.17. The molecule has 1 aromatic carbocycles. The average molecular weight is 459 g/mol. The summed E-state index contributed by atoms with van der Waals surface area (Å²) in [5.74, 6) is -0.678. The lowest BCUT2D eigenvalue weighted by molar-refractivity contribution is -0.384. The Kier molecular flexibility index (Phi) is 8.10. The molecule has 178 valence electrons. The second-order valence-corrected chi connectivity index (χ2v) is 7.94. The molecule has 11 nitrogen and oxygen atoms in total. The van der Waals surface area contributed by atoms with Gasteiger partial charge in [-0.3, -0.25) is 24.6 Å². The van der Waals surface area contributed by atoms with Gasteiger partial charge >= 0.3 is 5.97 Å². The molecule has 0 radical (unpaired) electrons. The number of non-ortho nitro benzene ring substituents is 1. The Hall–Kier alpha value is -3.34. The van der Waals surface area contributed by atoms with Crippen LogP contribution in [0.15, 0.2) is 24.3 Å². The molecule has 11 heteroatoms. The van der Waals surface area contributed by atoms with Gasteiger partial charge < -0.3 is 9.64 Å². The average Bonchev–Trinajstić information content (AvgIpc) is 3.42. The lowest BCUT2D eigenvalue weighted by Gasteiger charge is -2.30. The summed E-state index contributed by atoms with van der Waals surface area (Å²) >= 11 is 0. The molecule has 0 N–H and O–H groups in total. The van der Waals surface area contributed by atoms with Gasteiger partial charge in [-0.1, -0.05) is 18.2 Å². The van der Waals surface area contributed by atoms with Crippen LogP contribution in [0.25, 0.3) is 5.69 Å². The molecule has 2 aromatic rings. The van der Waals surface area contributed by atoms with Crippen LogP contribution >= 0.6 is 0 Å². The van der Waals surface area contributed by atoms with Crippen molar-refractivity contribution in [2.45, 2.75) is 46.1 Å². The molecule has 1 unspecified atom stereocenters. The van der Waals surface area contributed by atoms with Crippen LogP contribution in [0.1, 0.15) is 49.3 Å². The van der Waals surface area contributed by atoms with E-state index < -0.39 is 4.92 Å². The lowest BCUT2D eigenvalue weighted by atomic mass is 10.1. The maximum atomic E-state index is 13.5. The first-order valence-corrected chi connectivity index (χ1v) is 11.2. The fourth-order valence-electron chi connectivity index (χ4n) is 4.17. The van der Waals surface area contributed by atoms with E-state index in [1.165, 1.54) is 16.8 Å². The number of likely N-dealkylation sites (N-methyl/N-ethyl adjacent to an activating group) is 1. The smallest absolute Gasteiger partial charge is 0.307 e. The van der Waals surface area contributed by atoms with E-state index in [-0.39, 0.29) is 48.9 Å². The van der Waals surface area contributed by atoms with Crippen LogP contribution in [0, 0.1) is 17.0 Å². The maximum absolute atomic E-state index is 13.5. The third-order valence-corrected chi connectivity index (χ3v) is 5.90. The van der Waals surface area contributed by atoms with Crippen molar-refractivity contribution >= 4 is 17.6 Å². The van der Waals surface area contributed by atoms with Crippen molar-refractivity contribution in [1.29, 1.82) is 0 Å². The summed E-state index contributed by atoms with van der Waals surface area (Å²) in [6.07, 6.45) is 2.15. The van der Waals surface area contributed by atoms with Gasteiger partial charge in [0.05, 0.1) is 29.3 Å². The third kappa shape index (κ3) is 5.72. The number of likely N-dealkylation sites (tertiary alicyclic amines) is 1. The molecule has 1 amide bonds. The number of hydrogen-bond donors (Lipinski definition) is 0. The fraction of sp³-hybridized carbons (Fsp3) is 0.545. The van der Waals surface area contributed by atoms with Gasteiger partial charge in [0.2, 0.25) is 0 Å². The highest BCUT2D eigenvalue weighted by Crippen LogP contribution is 2.21. The molecule has 1 aromatic heterocycles. The van der Waals surface area contributed by atoms with Crippen LogP contribution in [-0.2, 0) is 9.53 Å². The second kappa shape index (κ2) is 11.0. The third-order valence-electron chi connectivity index (χ3n) is 5.90. The number of aromatic nitrogens is 3. The van der Waals surface area contributed by atoms with Gasteiger partial charge in [0.15, 0.2) is 5.69 Å². The van der Waals surface area contributed by atoms with Crippen molar-refractivity contribution in [3.05, 3.63) is 45.8 Å². The number of rotatable bonds is 10. The Morgan fingerprint density at radius 2 is 2.12 bits per heavy atom. The molecule has 0 aliphatic carbocycles. The summed E-state index contributed by atoms with van der Waals surface area (Å²) in [5.41, 5.74) is 0.998. The first-order chi connectivity index (χ1) is 15.8. The Morgan fingerprint density at radius 3 is 2.82 bits per heavy atom. The van der Waals surface area contributed by atoms with Crippen LogP contribution in [0.4, 0.5) is 5.69 Å². The molecular weight excluding hydrogens is 428 g/mol. The summed E-state index contributed by atoms with van der Waals surface area (Å²) in [6.45, 7) is 8.41. The lowest BCUT2D eigenvalue weighted by Crippen LogP contribution is -2.44. The van der Waals surface area contributed by atoms with E-state index in [0.29, 0.717) is 17.9 Å². The highest BCUT2D eigenvalue weighted by atomic mass is 16.6. The topological polar surface area (TPSA) is 124 Å². The quantitative estimate of drug-likeness (QED) is 0.302. The van der Waals surface area contributed by atoms with Crippen molar-refractivity contribution in [1.82, 2.24) is 24.8 Å². The largest absolute Gasteiger partial charge is 0.466 e. The Morgan fingerprint density at radius 1 is 1.33 bits per heavy atom. The highest BCUT2D eigenvalue weighted by Gasteiger charge is 2.30. The second-order valence-electron chi connectivity index (χ2n) is 7.94. The van der Waals surface area contributed by atoms with E-state index in [9.17, 15) is 19.7 Å². The number of benzene rings is 1. The van der Waals surface area contributed by atoms with Crippen molar-refractivity contribution in [2.24, 2.45) is 0 Å². The summed E-state index contributed by atoms with van der Waals surface area (Å²) in [4.78, 5) is 40.0. The Bertz CT molecular complexity index is 1010. The normalized spacial score (nSPS) is 16.0. The first kappa shape index (κ1) is 24.3. The first-order valence-electron chi connectivity index (χ1n) is 11.2. The van der Waals surface area contributed by atoms with Gasteiger partial charge in [-0.25, -0.2) is 4.68 Å². The van der Waals surface area contributed by atoms with Gasteiger partial charge in [0.1, 0.15) is 0 Å². The molecule has 1 saturated heterocycles. The van der Waals surface area contributed by atoms with Crippen LogP contribution in [0.5, 0.6) is 0 Å². The minimum Gasteiger partial charge on any atom is -0.466 e. The highest BCUT2D eigenvalue weighted by molar-refractivity contribution is 5.93. The molecule has 1 aliphatic heterocycles. The maximum Gasteiger partial charge on any atom is 0.307 e. The summed E-state index contributed by atoms with van der Waals surface area (Å²) in [6, 6.07) is 6.21. The molecule has 1 fully saturated rings. The van der Waals surface area contributed by atoms with Crippen LogP contribution in [-0.4, -0.2) is 80.4 Å². The molecule has 2 heterocycles. The van der Waals surface area contributed by atoms with Gasteiger partial charge in [-0.05, 0) is 45.8 Å². The van der Waals surface area contributed by atoms with Crippen molar-refractivity contribution in [2.75, 3.05) is 32.8 Å². The molecular formula is C22H30N6O5. The zero-order chi connectivity index (χ0) is 24.0. The molecule has 0 saturated carbocycles. The van der Waals surface area contributed by atoms with Gasteiger partial charge in [0.25, 0.3) is 11.6 Å². The van der Waals surface area contributed by atoms with Gasteiger partial charge in [-0.2, -0.15) is 0 Å².